The molecular formula is C28H35N3O8. The summed E-state index contributed by atoms with van der Waals surface area (Å²) in [6.45, 7) is 3.56. The van der Waals surface area contributed by atoms with E-state index < -0.39 is 64.4 Å². The first-order chi connectivity index (χ1) is 18.3. The number of benzene rings is 1. The second-order valence-electron chi connectivity index (χ2n) is 11.7. The van der Waals surface area contributed by atoms with E-state index in [9.17, 15) is 34.2 Å². The van der Waals surface area contributed by atoms with Crippen molar-refractivity contribution in [3.8, 4) is 11.5 Å². The molecule has 4 aliphatic rings. The number of carbonyl (C=O) groups excluding carboxylic acids is 5. The Kier molecular flexibility index (Phi) is 6.68. The number of carbonyl (C=O) groups is 5. The maximum absolute atomic E-state index is 13.9. The van der Waals surface area contributed by atoms with Crippen molar-refractivity contribution in [3.05, 3.63) is 22.8 Å². The molecule has 1 aliphatic heterocycles. The first-order valence-electron chi connectivity index (χ1n) is 13.3. The average molecular weight is 542 g/mol. The summed E-state index contributed by atoms with van der Waals surface area (Å²) < 4.78 is 5.77. The van der Waals surface area contributed by atoms with E-state index in [2.05, 4.69) is 11.8 Å². The number of nitrogens with two attached hydrogens (primary N) is 1. The van der Waals surface area contributed by atoms with Crippen molar-refractivity contribution < 1.29 is 38.9 Å². The Morgan fingerprint density at radius 2 is 1.92 bits per heavy atom. The Labute approximate surface area is 226 Å². The number of primary amides is 1. The summed E-state index contributed by atoms with van der Waals surface area (Å²) in [5.74, 6) is -10.1. The van der Waals surface area contributed by atoms with E-state index in [1.165, 1.54) is 18.1 Å². The van der Waals surface area contributed by atoms with Crippen LogP contribution in [0.25, 0.3) is 0 Å². The number of aromatic hydroxyl groups is 1. The molecule has 2 unspecified atom stereocenters. The van der Waals surface area contributed by atoms with E-state index in [4.69, 9.17) is 10.5 Å². The number of Topliss-reactive ketones (excluding diaryl/α,β-unsaturated/α-hetero) is 4. The monoisotopic (exact) mass is 541 g/mol. The van der Waals surface area contributed by atoms with Gasteiger partial charge in [-0.25, -0.2) is 0 Å². The van der Waals surface area contributed by atoms with Gasteiger partial charge in [-0.15, -0.1) is 0 Å². The predicted octanol–water partition coefficient (Wildman–Crippen LogP) is -0.140. The van der Waals surface area contributed by atoms with Gasteiger partial charge >= 0.3 is 0 Å². The number of aliphatic hydroxyl groups is 1. The van der Waals surface area contributed by atoms with Crippen LogP contribution < -0.4 is 10.5 Å². The smallest absolute Gasteiger partial charge is 0.235 e. The molecule has 1 aromatic rings. The van der Waals surface area contributed by atoms with Gasteiger partial charge in [0.1, 0.15) is 11.5 Å². The molecule has 5 rings (SSSR count). The minimum Gasteiger partial charge on any atom is -0.507 e. The molecule has 1 amide bonds. The summed E-state index contributed by atoms with van der Waals surface area (Å²) in [5.41, 5.74) is 3.77. The molecule has 0 spiro atoms. The Morgan fingerprint density at radius 1 is 1.23 bits per heavy atom. The summed E-state index contributed by atoms with van der Waals surface area (Å²) in [4.78, 5) is 70.1. The third-order valence-corrected chi connectivity index (χ3v) is 9.36. The van der Waals surface area contributed by atoms with Crippen molar-refractivity contribution in [2.45, 2.75) is 56.8 Å². The van der Waals surface area contributed by atoms with E-state index in [-0.39, 0.29) is 24.2 Å². The molecule has 0 radical (unpaired) electrons. The van der Waals surface area contributed by atoms with Crippen LogP contribution in [0.4, 0.5) is 0 Å². The Hall–Kier alpha value is -3.15. The van der Waals surface area contributed by atoms with Crippen molar-refractivity contribution in [3.63, 3.8) is 0 Å². The highest BCUT2D eigenvalue weighted by molar-refractivity contribution is 6.32. The Morgan fingerprint density at radius 3 is 2.49 bits per heavy atom. The average Bonchev–Trinajstić information content (AvgIpc) is 3.25. The molecule has 11 nitrogen and oxygen atoms in total. The number of phenolic OH excluding ortho intramolecular Hbond substituents is 1. The van der Waals surface area contributed by atoms with Gasteiger partial charge < -0.3 is 20.7 Å². The number of phenols is 1. The summed E-state index contributed by atoms with van der Waals surface area (Å²) in [5, 5.41) is 22.7. The molecular weight excluding hydrogens is 506 g/mol. The van der Waals surface area contributed by atoms with Crippen molar-refractivity contribution >= 4 is 29.0 Å². The van der Waals surface area contributed by atoms with Gasteiger partial charge in [0.2, 0.25) is 5.91 Å². The molecule has 1 saturated heterocycles. The first kappa shape index (κ1) is 27.4. The number of amides is 1. The van der Waals surface area contributed by atoms with Crippen LogP contribution in [0.1, 0.15) is 47.7 Å². The number of methoxy groups -OCH3 is 1. The van der Waals surface area contributed by atoms with Crippen molar-refractivity contribution in [1.82, 2.24) is 9.80 Å². The zero-order chi connectivity index (χ0) is 28.5. The fourth-order valence-corrected chi connectivity index (χ4v) is 7.53. The zero-order valence-electron chi connectivity index (χ0n) is 22.6. The summed E-state index contributed by atoms with van der Waals surface area (Å²) in [6, 6.07) is 0.715. The number of likely N-dealkylation sites (N-methyl/N-ethyl adjacent to an activating group) is 1. The third kappa shape index (κ3) is 3.85. The fraction of sp³-hybridized carbons (Fsp3) is 0.607. The lowest BCUT2D eigenvalue weighted by Gasteiger charge is -2.52. The highest BCUT2D eigenvalue weighted by atomic mass is 16.5. The SMILES string of the molecule is COc1c(CN2CCC[C@@H]2C)cc(O)c2c1C[C@H]1C[C@H]3[C@H](N(C)C)C(=O)C(C(N)=O)C(=O)[C@@]3(O)C(=O)C1C2=O. The molecule has 2 saturated carbocycles. The van der Waals surface area contributed by atoms with E-state index in [1.807, 2.05) is 0 Å². The number of rotatable bonds is 5. The first-order valence-corrected chi connectivity index (χ1v) is 13.3. The van der Waals surface area contributed by atoms with Gasteiger partial charge in [0.15, 0.2) is 34.7 Å². The van der Waals surface area contributed by atoms with E-state index >= 15 is 0 Å². The number of hydrogen-bond acceptors (Lipinski definition) is 10. The summed E-state index contributed by atoms with van der Waals surface area (Å²) in [7, 11) is 4.61. The molecule has 3 aliphatic carbocycles. The molecule has 7 atom stereocenters. The van der Waals surface area contributed by atoms with Crippen LogP contribution in [0, 0.1) is 23.7 Å². The second kappa shape index (κ2) is 9.50. The number of hydrogen-bond donors (Lipinski definition) is 3. The predicted molar refractivity (Wildman–Crippen MR) is 137 cm³/mol. The van der Waals surface area contributed by atoms with Gasteiger partial charge in [-0.2, -0.15) is 0 Å². The van der Waals surface area contributed by atoms with Crippen LogP contribution in [-0.2, 0) is 32.1 Å². The minimum absolute atomic E-state index is 0.00119. The topological polar surface area (TPSA) is 168 Å². The number of fused-ring (bicyclic) bond motifs is 3. The van der Waals surface area contributed by atoms with E-state index in [1.54, 1.807) is 14.1 Å². The van der Waals surface area contributed by atoms with Gasteiger partial charge in [0.25, 0.3) is 0 Å². The second-order valence-corrected chi connectivity index (χ2v) is 11.7. The van der Waals surface area contributed by atoms with Crippen LogP contribution in [0.5, 0.6) is 11.5 Å². The fourth-order valence-electron chi connectivity index (χ4n) is 7.53. The molecule has 3 fully saturated rings. The van der Waals surface area contributed by atoms with Gasteiger partial charge in [0, 0.05) is 29.6 Å². The molecule has 0 aromatic heterocycles. The van der Waals surface area contributed by atoms with Crippen LogP contribution in [-0.4, -0.2) is 94.5 Å². The van der Waals surface area contributed by atoms with Gasteiger partial charge in [0.05, 0.1) is 24.6 Å². The van der Waals surface area contributed by atoms with Gasteiger partial charge in [-0.1, -0.05) is 0 Å². The molecule has 1 aromatic carbocycles. The Balaban J connectivity index is 1.60. The molecule has 0 bridgehead atoms. The van der Waals surface area contributed by atoms with E-state index in [0.717, 1.165) is 24.9 Å². The molecule has 1 heterocycles. The summed E-state index contributed by atoms with van der Waals surface area (Å²) >= 11 is 0. The Bertz CT molecular complexity index is 1290. The van der Waals surface area contributed by atoms with Gasteiger partial charge in [-0.05, 0) is 65.2 Å². The lowest BCUT2D eigenvalue weighted by Crippen LogP contribution is -2.74. The quantitative estimate of drug-likeness (QED) is 0.427. The molecule has 210 valence electrons. The number of likely N-dealkylation sites (tertiary alicyclic amines) is 1. The van der Waals surface area contributed by atoms with Crippen LogP contribution in [0.2, 0.25) is 0 Å². The number of ether oxygens (including phenoxy) is 1. The lowest BCUT2D eigenvalue weighted by atomic mass is 9.52. The number of nitrogens with zero attached hydrogens (tertiary/aromatic N) is 2. The van der Waals surface area contributed by atoms with Crippen LogP contribution in [0.3, 0.4) is 0 Å². The normalized spacial score (nSPS) is 34.6. The number of ketones is 4. The van der Waals surface area contributed by atoms with Gasteiger partial charge in [-0.3, -0.25) is 33.8 Å². The largest absolute Gasteiger partial charge is 0.507 e. The maximum atomic E-state index is 13.9. The maximum Gasteiger partial charge on any atom is 0.235 e. The molecule has 39 heavy (non-hydrogen) atoms. The third-order valence-electron chi connectivity index (χ3n) is 9.36. The van der Waals surface area contributed by atoms with E-state index in [0.29, 0.717) is 23.9 Å². The zero-order valence-corrected chi connectivity index (χ0v) is 22.6. The van der Waals surface area contributed by atoms with Crippen molar-refractivity contribution in [2.24, 2.45) is 29.4 Å². The van der Waals surface area contributed by atoms with Crippen molar-refractivity contribution in [1.29, 1.82) is 0 Å². The lowest BCUT2D eigenvalue weighted by molar-refractivity contribution is -0.181. The van der Waals surface area contributed by atoms with Crippen LogP contribution >= 0.6 is 0 Å². The summed E-state index contributed by atoms with van der Waals surface area (Å²) in [6.07, 6.45) is 2.30. The highest BCUT2D eigenvalue weighted by Crippen LogP contribution is 2.52. The highest BCUT2D eigenvalue weighted by Gasteiger charge is 2.69. The standard InChI is InChI=1S/C28H35N3O8/c1-12-6-5-7-31(12)11-14-10-17(32)19-15(24(14)39-4)8-13-9-16-21(30(2)3)23(34)20(27(29)37)26(36)28(16,38)25(35)18(13)22(19)33/h10,12-13,16,18,20-21,32,38H,5-9,11H2,1-4H3,(H2,29,37)/t12-,13-,16-,18?,20?,21-,28-/m0/s1. The van der Waals surface area contributed by atoms with Crippen molar-refractivity contribution in [2.75, 3.05) is 27.7 Å². The minimum atomic E-state index is -2.73. The molecule has 11 heteroatoms. The van der Waals surface area contributed by atoms with Crippen LogP contribution in [0.15, 0.2) is 6.07 Å². The molecule has 4 N–H and O–H groups in total.